The second-order valence-electron chi connectivity index (χ2n) is 9.97. The van der Waals surface area contributed by atoms with Crippen LogP contribution in [0.5, 0.6) is 0 Å². The molecule has 1 fully saturated rings. The van der Waals surface area contributed by atoms with E-state index in [0.29, 0.717) is 12.1 Å². The van der Waals surface area contributed by atoms with Gasteiger partial charge in [0.2, 0.25) is 0 Å². The Kier molecular flexibility index (Phi) is 4.82. The zero-order valence-corrected chi connectivity index (χ0v) is 19.7. The molecule has 2 bridgehead atoms. The largest absolute Gasteiger partial charge is 0.385 e. The molecule has 11 heteroatoms. The van der Waals surface area contributed by atoms with Gasteiger partial charge in [0.15, 0.2) is 23.3 Å². The summed E-state index contributed by atoms with van der Waals surface area (Å²) in [6.45, 7) is 5.59. The predicted molar refractivity (Wildman–Crippen MR) is 122 cm³/mol. The first-order valence-corrected chi connectivity index (χ1v) is 11.6. The van der Waals surface area contributed by atoms with Gasteiger partial charge in [-0.05, 0) is 54.9 Å². The van der Waals surface area contributed by atoms with Gasteiger partial charge in [0.05, 0.1) is 34.3 Å². The number of rotatable bonds is 4. The Labute approximate surface area is 204 Å². The zero-order chi connectivity index (χ0) is 25.4. The Morgan fingerprint density at radius 2 is 1.78 bits per heavy atom. The number of hydrogen-bond acceptors (Lipinski definition) is 7. The summed E-state index contributed by atoms with van der Waals surface area (Å²) in [6.07, 6.45) is 1.51. The van der Waals surface area contributed by atoms with E-state index in [0.717, 1.165) is 18.2 Å². The fourth-order valence-corrected chi connectivity index (χ4v) is 6.06. The molecule has 3 atom stereocenters. The molecule has 184 valence electrons. The third-order valence-electron chi connectivity index (χ3n) is 7.86. The van der Waals surface area contributed by atoms with Crippen LogP contribution in [0, 0.1) is 22.9 Å². The van der Waals surface area contributed by atoms with E-state index in [1.165, 1.54) is 25.1 Å². The predicted octanol–water partition coefficient (Wildman–Crippen LogP) is 4.39. The summed E-state index contributed by atoms with van der Waals surface area (Å²) in [5, 5.41) is 26.3. The van der Waals surface area contributed by atoms with Crippen molar-refractivity contribution in [3.8, 4) is 22.9 Å². The number of hydrogen-bond donors (Lipinski definition) is 2. The number of aliphatic hydroxyl groups is 1. The molecule has 1 aromatic carbocycles. The molecule has 3 heterocycles. The molecule has 1 unspecified atom stereocenters. The number of nitrogens with one attached hydrogen (secondary N) is 1. The average Bonchev–Trinajstić information content (AvgIpc) is 3.48. The highest BCUT2D eigenvalue weighted by atomic mass is 19.1. The molecule has 4 aromatic rings. The van der Waals surface area contributed by atoms with Crippen molar-refractivity contribution in [2.45, 2.75) is 51.0 Å². The quantitative estimate of drug-likeness (QED) is 0.433. The van der Waals surface area contributed by atoms with Crippen LogP contribution < -0.4 is 0 Å². The molecule has 0 radical (unpaired) electrons. The van der Waals surface area contributed by atoms with E-state index in [4.69, 9.17) is 0 Å². The molecule has 0 aliphatic heterocycles. The Morgan fingerprint density at radius 1 is 1.03 bits per heavy atom. The van der Waals surface area contributed by atoms with E-state index in [1.807, 2.05) is 13.8 Å². The molecule has 2 N–H and O–H groups in total. The van der Waals surface area contributed by atoms with Gasteiger partial charge in [-0.3, -0.25) is 0 Å². The fourth-order valence-electron chi connectivity index (χ4n) is 6.06. The zero-order valence-electron chi connectivity index (χ0n) is 19.7. The number of benzene rings is 1. The first-order valence-electron chi connectivity index (χ1n) is 11.6. The van der Waals surface area contributed by atoms with E-state index in [-0.39, 0.29) is 40.3 Å². The fraction of sp³-hybridized carbons (Fsp3) is 0.360. The molecule has 2 aliphatic carbocycles. The molecule has 0 saturated heterocycles. The average molecular weight is 493 g/mol. The number of halogens is 3. The number of aromatic nitrogens is 7. The molecule has 0 spiro atoms. The van der Waals surface area contributed by atoms with Crippen molar-refractivity contribution >= 4 is 0 Å². The number of aliphatic hydroxyl groups excluding tert-OH is 1. The van der Waals surface area contributed by atoms with Crippen LogP contribution >= 0.6 is 0 Å². The number of nitrogens with zero attached hydrogens (tertiary/aromatic N) is 6. The highest BCUT2D eigenvalue weighted by Crippen LogP contribution is 2.69. The van der Waals surface area contributed by atoms with Gasteiger partial charge in [0.25, 0.3) is 0 Å². The summed E-state index contributed by atoms with van der Waals surface area (Å²) >= 11 is 0. The van der Waals surface area contributed by atoms with Gasteiger partial charge >= 0.3 is 0 Å². The minimum Gasteiger partial charge on any atom is -0.385 e. The summed E-state index contributed by atoms with van der Waals surface area (Å²) in [7, 11) is 0. The SMILES string of the molecule is CC(O)c1nnc(-c2ncc(F)c([C@]34CC[C@@H](c5cc(-c6c(F)cccc6F)nnc53)C4(C)C)n2)[nH]1. The molecule has 1 saturated carbocycles. The molecule has 0 amide bonds. The normalized spacial score (nSPS) is 22.6. The molecular weight excluding hydrogens is 471 g/mol. The van der Waals surface area contributed by atoms with Crippen molar-refractivity contribution in [1.82, 2.24) is 35.3 Å². The Balaban J connectivity index is 1.52. The highest BCUT2D eigenvalue weighted by Gasteiger charge is 2.66. The molecular formula is C25H22F3N7O. The van der Waals surface area contributed by atoms with Gasteiger partial charge < -0.3 is 10.1 Å². The van der Waals surface area contributed by atoms with E-state index in [9.17, 15) is 13.9 Å². The maximum Gasteiger partial charge on any atom is 0.199 e. The lowest BCUT2D eigenvalue weighted by atomic mass is 9.66. The number of fused-ring (bicyclic) bond motifs is 5. The minimum atomic E-state index is -0.929. The van der Waals surface area contributed by atoms with Crippen molar-refractivity contribution < 1.29 is 18.3 Å². The van der Waals surface area contributed by atoms with Gasteiger partial charge in [0, 0.05) is 0 Å². The van der Waals surface area contributed by atoms with Crippen molar-refractivity contribution in [3.05, 3.63) is 70.7 Å². The summed E-state index contributed by atoms with van der Waals surface area (Å²) in [5.74, 6) is -1.52. The van der Waals surface area contributed by atoms with Crippen LogP contribution in [0.2, 0.25) is 0 Å². The van der Waals surface area contributed by atoms with Crippen LogP contribution in [-0.2, 0) is 5.41 Å². The van der Waals surface area contributed by atoms with Gasteiger partial charge in [-0.1, -0.05) is 19.9 Å². The van der Waals surface area contributed by atoms with Crippen LogP contribution in [-0.4, -0.2) is 40.5 Å². The van der Waals surface area contributed by atoms with E-state index in [1.54, 1.807) is 6.07 Å². The standard InChI is InChI=1S/C25H22F3N7O/c1-11(36)21-31-23(35-34-21)22-29-10-16(28)20(30-22)25-8-7-13(24(25,2)3)12-9-17(32-33-19(12)25)18-14(26)5-4-6-15(18)27/h4-6,9-11,13,36H,7-8H2,1-3H3,(H,31,34,35)/t11?,13-,25-/m0/s1. The maximum atomic E-state index is 15.4. The third kappa shape index (κ3) is 2.92. The first kappa shape index (κ1) is 22.7. The first-order chi connectivity index (χ1) is 17.1. The lowest BCUT2D eigenvalue weighted by Gasteiger charge is -2.37. The Morgan fingerprint density at radius 3 is 2.47 bits per heavy atom. The maximum absolute atomic E-state index is 15.4. The molecule has 36 heavy (non-hydrogen) atoms. The highest BCUT2D eigenvalue weighted by molar-refractivity contribution is 5.64. The molecule has 6 rings (SSSR count). The van der Waals surface area contributed by atoms with Crippen molar-refractivity contribution in [3.63, 3.8) is 0 Å². The second kappa shape index (κ2) is 7.63. The van der Waals surface area contributed by atoms with Crippen molar-refractivity contribution in [2.24, 2.45) is 5.41 Å². The minimum absolute atomic E-state index is 0.0403. The van der Waals surface area contributed by atoms with Crippen LogP contribution in [0.4, 0.5) is 13.2 Å². The molecule has 3 aromatic heterocycles. The summed E-state index contributed by atoms with van der Waals surface area (Å²) in [4.78, 5) is 11.5. The topological polar surface area (TPSA) is 113 Å². The van der Waals surface area contributed by atoms with E-state index in [2.05, 4.69) is 35.3 Å². The van der Waals surface area contributed by atoms with Gasteiger partial charge in [-0.25, -0.2) is 23.1 Å². The smallest absolute Gasteiger partial charge is 0.199 e. The third-order valence-corrected chi connectivity index (χ3v) is 7.86. The summed E-state index contributed by atoms with van der Waals surface area (Å²) < 4.78 is 44.4. The van der Waals surface area contributed by atoms with E-state index >= 15 is 4.39 Å². The van der Waals surface area contributed by atoms with Crippen LogP contribution in [0.25, 0.3) is 22.9 Å². The summed E-state index contributed by atoms with van der Waals surface area (Å²) in [6, 6.07) is 5.32. The van der Waals surface area contributed by atoms with Gasteiger partial charge in [-0.15, -0.1) is 15.3 Å². The lowest BCUT2D eigenvalue weighted by molar-refractivity contribution is 0.189. The van der Waals surface area contributed by atoms with Crippen LogP contribution in [0.15, 0.2) is 30.5 Å². The molecule has 8 nitrogen and oxygen atoms in total. The molecule has 2 aliphatic rings. The van der Waals surface area contributed by atoms with E-state index < -0.39 is 34.4 Å². The van der Waals surface area contributed by atoms with Crippen molar-refractivity contribution in [1.29, 1.82) is 0 Å². The summed E-state index contributed by atoms with van der Waals surface area (Å²) in [5.41, 5.74) is -0.0930. The second-order valence-corrected chi connectivity index (χ2v) is 9.97. The van der Waals surface area contributed by atoms with Crippen LogP contribution in [0.3, 0.4) is 0 Å². The number of aromatic amines is 1. The number of H-pyrrole nitrogens is 1. The van der Waals surface area contributed by atoms with Gasteiger partial charge in [0.1, 0.15) is 17.7 Å². The monoisotopic (exact) mass is 493 g/mol. The van der Waals surface area contributed by atoms with Gasteiger partial charge in [-0.2, -0.15) is 5.10 Å². The Hall–Kier alpha value is -3.73. The lowest BCUT2D eigenvalue weighted by Crippen LogP contribution is -2.39. The van der Waals surface area contributed by atoms with Crippen LogP contribution in [0.1, 0.15) is 68.4 Å². The Bertz CT molecular complexity index is 1500. The van der Waals surface area contributed by atoms with Crippen molar-refractivity contribution in [2.75, 3.05) is 0 Å².